The Hall–Kier alpha value is -1.86. The van der Waals surface area contributed by atoms with E-state index < -0.39 is 5.97 Å². The number of rotatable bonds is 10. The molecular weight excluding hydrogens is 264 g/mol. The minimum Gasteiger partial charge on any atom is -0.481 e. The van der Waals surface area contributed by atoms with Crippen LogP contribution in [0.3, 0.4) is 0 Å². The van der Waals surface area contributed by atoms with Crippen LogP contribution in [0.5, 0.6) is 0 Å². The number of unbranched alkanes of at least 4 members (excludes halogenated alkanes) is 3. The highest BCUT2D eigenvalue weighted by atomic mass is 16.4. The standard InChI is InChI=1S/C17H24N2O2/c1-2-3-4-7-11-19(12-10-17(20)21)14-16-9-6-5-8-15(16)13-18/h5-6,8-9H,2-4,7,10-12,14H2,1H3,(H,20,21). The van der Waals surface area contributed by atoms with Crippen LogP contribution in [0.25, 0.3) is 0 Å². The normalized spacial score (nSPS) is 10.5. The Morgan fingerprint density at radius 2 is 2.00 bits per heavy atom. The Labute approximate surface area is 127 Å². The van der Waals surface area contributed by atoms with Crippen LogP contribution >= 0.6 is 0 Å². The largest absolute Gasteiger partial charge is 0.481 e. The van der Waals surface area contributed by atoms with Gasteiger partial charge in [0.15, 0.2) is 0 Å². The van der Waals surface area contributed by atoms with Crippen LogP contribution in [0.2, 0.25) is 0 Å². The van der Waals surface area contributed by atoms with Gasteiger partial charge in [-0.05, 0) is 24.6 Å². The first-order valence-electron chi connectivity index (χ1n) is 7.59. The third kappa shape index (κ3) is 6.92. The topological polar surface area (TPSA) is 64.3 Å². The Bertz CT molecular complexity index is 480. The van der Waals surface area contributed by atoms with Crippen LogP contribution in [0.1, 0.15) is 50.2 Å². The summed E-state index contributed by atoms with van der Waals surface area (Å²) < 4.78 is 0. The second-order valence-corrected chi connectivity index (χ2v) is 5.25. The number of hydrogen-bond acceptors (Lipinski definition) is 3. The van der Waals surface area contributed by atoms with Crippen LogP contribution in [0.4, 0.5) is 0 Å². The molecular formula is C17H24N2O2. The van der Waals surface area contributed by atoms with Crippen molar-refractivity contribution in [1.29, 1.82) is 5.26 Å². The molecule has 0 spiro atoms. The minimum absolute atomic E-state index is 0.141. The number of carbonyl (C=O) groups is 1. The highest BCUT2D eigenvalue weighted by Gasteiger charge is 2.10. The molecule has 21 heavy (non-hydrogen) atoms. The Morgan fingerprint density at radius 3 is 2.67 bits per heavy atom. The molecule has 0 amide bonds. The van der Waals surface area contributed by atoms with Gasteiger partial charge in [0.25, 0.3) is 0 Å². The summed E-state index contributed by atoms with van der Waals surface area (Å²) in [7, 11) is 0. The molecule has 0 atom stereocenters. The summed E-state index contributed by atoms with van der Waals surface area (Å²) >= 11 is 0. The molecule has 0 aliphatic heterocycles. The summed E-state index contributed by atoms with van der Waals surface area (Å²) in [6.45, 7) is 4.22. The molecule has 1 N–H and O–H groups in total. The van der Waals surface area contributed by atoms with Crippen molar-refractivity contribution < 1.29 is 9.90 Å². The zero-order chi connectivity index (χ0) is 15.5. The van der Waals surface area contributed by atoms with Crippen LogP contribution in [-0.2, 0) is 11.3 Å². The highest BCUT2D eigenvalue weighted by molar-refractivity contribution is 5.66. The number of benzene rings is 1. The first-order valence-corrected chi connectivity index (χ1v) is 7.59. The van der Waals surface area contributed by atoms with Gasteiger partial charge in [0, 0.05) is 13.1 Å². The predicted octanol–water partition coefficient (Wildman–Crippen LogP) is 3.42. The van der Waals surface area contributed by atoms with Gasteiger partial charge in [-0.25, -0.2) is 0 Å². The van der Waals surface area contributed by atoms with Gasteiger partial charge in [0.1, 0.15) is 0 Å². The fourth-order valence-electron chi connectivity index (χ4n) is 2.29. The molecule has 1 rings (SSSR count). The molecule has 0 heterocycles. The average Bonchev–Trinajstić information content (AvgIpc) is 2.49. The number of nitriles is 1. The lowest BCUT2D eigenvalue weighted by molar-refractivity contribution is -0.137. The molecule has 0 saturated carbocycles. The molecule has 0 fully saturated rings. The van der Waals surface area contributed by atoms with E-state index in [-0.39, 0.29) is 6.42 Å². The molecule has 0 saturated heterocycles. The summed E-state index contributed by atoms with van der Waals surface area (Å²) in [5.74, 6) is -0.776. The SMILES string of the molecule is CCCCCCN(CCC(=O)O)Cc1ccccc1C#N. The van der Waals surface area contributed by atoms with Gasteiger partial charge < -0.3 is 5.11 Å². The van der Waals surface area contributed by atoms with Crippen LogP contribution in [-0.4, -0.2) is 29.1 Å². The number of carboxylic acids is 1. The lowest BCUT2D eigenvalue weighted by Crippen LogP contribution is -2.27. The van der Waals surface area contributed by atoms with E-state index in [9.17, 15) is 4.79 Å². The van der Waals surface area contributed by atoms with Crippen molar-refractivity contribution in [1.82, 2.24) is 4.90 Å². The Morgan fingerprint density at radius 1 is 1.24 bits per heavy atom. The summed E-state index contributed by atoms with van der Waals surface area (Å²) in [6, 6.07) is 9.72. The van der Waals surface area contributed by atoms with Gasteiger partial charge in [-0.3, -0.25) is 9.69 Å². The maximum absolute atomic E-state index is 10.8. The van der Waals surface area contributed by atoms with E-state index in [0.717, 1.165) is 18.5 Å². The van der Waals surface area contributed by atoms with Crippen molar-refractivity contribution in [2.45, 2.75) is 45.6 Å². The maximum atomic E-state index is 10.8. The number of carboxylic acid groups (broad SMARTS) is 1. The van der Waals surface area contributed by atoms with Gasteiger partial charge in [0.2, 0.25) is 0 Å². The number of nitrogens with zero attached hydrogens (tertiary/aromatic N) is 2. The molecule has 1 aromatic carbocycles. The van der Waals surface area contributed by atoms with E-state index in [1.807, 2.05) is 24.3 Å². The van der Waals surface area contributed by atoms with Gasteiger partial charge in [-0.1, -0.05) is 44.4 Å². The van der Waals surface area contributed by atoms with E-state index in [1.54, 1.807) is 0 Å². The predicted molar refractivity (Wildman–Crippen MR) is 82.8 cm³/mol. The van der Waals surface area contributed by atoms with Gasteiger partial charge in [-0.2, -0.15) is 5.26 Å². The highest BCUT2D eigenvalue weighted by Crippen LogP contribution is 2.12. The summed E-state index contributed by atoms with van der Waals surface area (Å²) in [5, 5.41) is 18.0. The molecule has 0 aromatic heterocycles. The van der Waals surface area contributed by atoms with E-state index in [2.05, 4.69) is 17.9 Å². The third-order valence-corrected chi connectivity index (χ3v) is 3.50. The molecule has 0 radical (unpaired) electrons. The summed E-state index contributed by atoms with van der Waals surface area (Å²) in [4.78, 5) is 12.9. The number of hydrogen-bond donors (Lipinski definition) is 1. The molecule has 4 heteroatoms. The molecule has 4 nitrogen and oxygen atoms in total. The van der Waals surface area contributed by atoms with E-state index in [0.29, 0.717) is 18.7 Å². The molecule has 0 bridgehead atoms. The van der Waals surface area contributed by atoms with Crippen molar-refractivity contribution in [3.63, 3.8) is 0 Å². The minimum atomic E-state index is -0.776. The van der Waals surface area contributed by atoms with E-state index in [1.165, 1.54) is 19.3 Å². The van der Waals surface area contributed by atoms with Gasteiger partial charge >= 0.3 is 5.97 Å². The Kier molecular flexibility index (Phi) is 8.15. The van der Waals surface area contributed by atoms with Crippen LogP contribution < -0.4 is 0 Å². The van der Waals surface area contributed by atoms with Gasteiger partial charge in [0.05, 0.1) is 18.1 Å². The number of aliphatic carboxylic acids is 1. The van der Waals surface area contributed by atoms with Crippen LogP contribution in [0, 0.1) is 11.3 Å². The molecule has 0 aliphatic carbocycles. The first-order chi connectivity index (χ1) is 10.2. The fraction of sp³-hybridized carbons (Fsp3) is 0.529. The summed E-state index contributed by atoms with van der Waals surface area (Å²) in [5.41, 5.74) is 1.65. The average molecular weight is 288 g/mol. The molecule has 0 unspecified atom stereocenters. The van der Waals surface area contributed by atoms with Crippen molar-refractivity contribution >= 4 is 5.97 Å². The molecule has 0 aliphatic rings. The second-order valence-electron chi connectivity index (χ2n) is 5.25. The summed E-state index contributed by atoms with van der Waals surface area (Å²) in [6.07, 6.45) is 4.78. The van der Waals surface area contributed by atoms with E-state index in [4.69, 9.17) is 10.4 Å². The Balaban J connectivity index is 2.62. The van der Waals surface area contributed by atoms with Crippen molar-refractivity contribution in [2.24, 2.45) is 0 Å². The zero-order valence-electron chi connectivity index (χ0n) is 12.7. The fourth-order valence-corrected chi connectivity index (χ4v) is 2.29. The monoisotopic (exact) mass is 288 g/mol. The lowest BCUT2D eigenvalue weighted by Gasteiger charge is -2.22. The molecule has 1 aromatic rings. The zero-order valence-corrected chi connectivity index (χ0v) is 12.7. The third-order valence-electron chi connectivity index (χ3n) is 3.50. The van der Waals surface area contributed by atoms with Crippen LogP contribution in [0.15, 0.2) is 24.3 Å². The van der Waals surface area contributed by atoms with Crippen molar-refractivity contribution in [2.75, 3.05) is 13.1 Å². The lowest BCUT2D eigenvalue weighted by atomic mass is 10.1. The smallest absolute Gasteiger partial charge is 0.304 e. The first kappa shape index (κ1) is 17.2. The quantitative estimate of drug-likeness (QED) is 0.670. The second kappa shape index (κ2) is 9.95. The van der Waals surface area contributed by atoms with E-state index >= 15 is 0 Å². The van der Waals surface area contributed by atoms with Crippen molar-refractivity contribution in [3.8, 4) is 6.07 Å². The maximum Gasteiger partial charge on any atom is 0.304 e. The molecule has 114 valence electrons. The van der Waals surface area contributed by atoms with Crippen molar-refractivity contribution in [3.05, 3.63) is 35.4 Å². The van der Waals surface area contributed by atoms with Gasteiger partial charge in [-0.15, -0.1) is 0 Å².